The fourth-order valence-electron chi connectivity index (χ4n) is 3.32. The molecule has 4 rings (SSSR count). The van der Waals surface area contributed by atoms with Crippen molar-refractivity contribution < 1.29 is 14.6 Å². The molecule has 2 atom stereocenters. The fraction of sp³-hybridized carbons (Fsp3) is 0.600. The van der Waals surface area contributed by atoms with Gasteiger partial charge in [0.25, 0.3) is 0 Å². The van der Waals surface area contributed by atoms with Gasteiger partial charge in [-0.1, -0.05) is 6.07 Å². The van der Waals surface area contributed by atoms with Crippen molar-refractivity contribution in [2.45, 2.75) is 12.1 Å². The third kappa shape index (κ3) is 2.26. The molecule has 3 aliphatic rings. The van der Waals surface area contributed by atoms with Crippen molar-refractivity contribution in [3.8, 4) is 11.5 Å². The molecule has 3 aliphatic heterocycles. The van der Waals surface area contributed by atoms with Crippen LogP contribution in [0.25, 0.3) is 0 Å². The molecule has 3 heterocycles. The number of methoxy groups -OCH3 is 2. The molecule has 0 aromatic heterocycles. The van der Waals surface area contributed by atoms with Gasteiger partial charge in [0.05, 0.1) is 25.8 Å². The minimum Gasteiger partial charge on any atom is -0.496 e. The van der Waals surface area contributed by atoms with Crippen LogP contribution in [0.2, 0.25) is 0 Å². The van der Waals surface area contributed by atoms with Gasteiger partial charge in [-0.2, -0.15) is 0 Å². The predicted molar refractivity (Wildman–Crippen MR) is 76.3 cm³/mol. The first kappa shape index (κ1) is 13.7. The molecule has 1 aromatic carbocycles. The summed E-state index contributed by atoms with van der Waals surface area (Å²) in [6.45, 7) is 5.17. The van der Waals surface area contributed by atoms with Gasteiger partial charge in [0, 0.05) is 32.7 Å². The Bertz CT molecular complexity index is 450. The van der Waals surface area contributed by atoms with Gasteiger partial charge in [0.2, 0.25) is 0 Å². The number of hydrogen-bond donors (Lipinski definition) is 1. The molecule has 3 saturated heterocycles. The minimum absolute atomic E-state index is 0.114. The van der Waals surface area contributed by atoms with Crippen molar-refractivity contribution in [3.63, 3.8) is 0 Å². The second-order valence-corrected chi connectivity index (χ2v) is 5.42. The largest absolute Gasteiger partial charge is 0.496 e. The lowest BCUT2D eigenvalue weighted by molar-refractivity contribution is -0.0481. The van der Waals surface area contributed by atoms with Crippen LogP contribution < -0.4 is 9.47 Å². The summed E-state index contributed by atoms with van der Waals surface area (Å²) in [5.74, 6) is 1.38. The molecule has 0 spiro atoms. The highest BCUT2D eigenvalue weighted by Crippen LogP contribution is 2.38. The number of ether oxygens (including phenoxy) is 2. The number of piperazine rings is 3. The summed E-state index contributed by atoms with van der Waals surface area (Å²) in [4.78, 5) is 4.78. The summed E-state index contributed by atoms with van der Waals surface area (Å²) in [6.07, 6.45) is -0.593. The Kier molecular flexibility index (Phi) is 3.83. The molecule has 0 aliphatic carbocycles. The van der Waals surface area contributed by atoms with Gasteiger partial charge in [-0.05, 0) is 12.1 Å². The van der Waals surface area contributed by atoms with E-state index in [9.17, 15) is 5.11 Å². The number of rotatable bonds is 4. The summed E-state index contributed by atoms with van der Waals surface area (Å²) in [6, 6.07) is 5.74. The molecular weight excluding hydrogens is 256 g/mol. The smallest absolute Gasteiger partial charge is 0.128 e. The Labute approximate surface area is 119 Å². The summed E-state index contributed by atoms with van der Waals surface area (Å²) in [5.41, 5.74) is 0.760. The number of aliphatic hydroxyl groups excluding tert-OH is 1. The van der Waals surface area contributed by atoms with Crippen LogP contribution in [0, 0.1) is 0 Å². The Hall–Kier alpha value is -1.30. The van der Waals surface area contributed by atoms with Crippen LogP contribution in [-0.2, 0) is 0 Å². The first-order chi connectivity index (χ1) is 9.74. The molecule has 1 aromatic rings. The maximum Gasteiger partial charge on any atom is 0.128 e. The van der Waals surface area contributed by atoms with Gasteiger partial charge in [-0.3, -0.25) is 9.80 Å². The van der Waals surface area contributed by atoms with Gasteiger partial charge in [0.1, 0.15) is 17.6 Å². The Morgan fingerprint density at radius 3 is 2.15 bits per heavy atom. The van der Waals surface area contributed by atoms with E-state index in [0.717, 1.165) is 38.3 Å². The molecule has 0 saturated carbocycles. The van der Waals surface area contributed by atoms with Crippen molar-refractivity contribution in [3.05, 3.63) is 23.8 Å². The van der Waals surface area contributed by atoms with Crippen LogP contribution in [0.15, 0.2) is 18.2 Å². The van der Waals surface area contributed by atoms with Crippen molar-refractivity contribution in [2.75, 3.05) is 46.9 Å². The quantitative estimate of drug-likeness (QED) is 0.880. The van der Waals surface area contributed by atoms with E-state index in [1.54, 1.807) is 14.2 Å². The van der Waals surface area contributed by atoms with Crippen LogP contribution in [-0.4, -0.2) is 67.9 Å². The highest BCUT2D eigenvalue weighted by Gasteiger charge is 2.38. The van der Waals surface area contributed by atoms with Crippen LogP contribution >= 0.6 is 0 Å². The van der Waals surface area contributed by atoms with E-state index in [2.05, 4.69) is 9.80 Å². The monoisotopic (exact) mass is 278 g/mol. The molecule has 0 radical (unpaired) electrons. The van der Waals surface area contributed by atoms with Crippen LogP contribution in [0.1, 0.15) is 11.7 Å². The second-order valence-electron chi connectivity index (χ2n) is 5.42. The van der Waals surface area contributed by atoms with E-state index >= 15 is 0 Å². The zero-order valence-corrected chi connectivity index (χ0v) is 12.1. The molecule has 0 amide bonds. The lowest BCUT2D eigenvalue weighted by atomic mass is 9.95. The van der Waals surface area contributed by atoms with Crippen LogP contribution in [0.4, 0.5) is 0 Å². The molecule has 1 N–H and O–H groups in total. The third-order valence-electron chi connectivity index (χ3n) is 4.45. The molecule has 3 fully saturated rings. The molecule has 5 nitrogen and oxygen atoms in total. The fourth-order valence-corrected chi connectivity index (χ4v) is 3.32. The summed E-state index contributed by atoms with van der Waals surface area (Å²) < 4.78 is 10.8. The Morgan fingerprint density at radius 2 is 1.70 bits per heavy atom. The van der Waals surface area contributed by atoms with Crippen LogP contribution in [0.3, 0.4) is 0 Å². The molecule has 2 unspecified atom stereocenters. The van der Waals surface area contributed by atoms with Gasteiger partial charge < -0.3 is 14.6 Å². The third-order valence-corrected chi connectivity index (χ3v) is 4.45. The highest BCUT2D eigenvalue weighted by atomic mass is 16.5. The van der Waals surface area contributed by atoms with Gasteiger partial charge in [-0.15, -0.1) is 0 Å². The lowest BCUT2D eigenvalue weighted by Gasteiger charge is -2.49. The van der Waals surface area contributed by atoms with E-state index in [1.807, 2.05) is 18.2 Å². The number of hydrogen-bond acceptors (Lipinski definition) is 5. The summed E-state index contributed by atoms with van der Waals surface area (Å²) in [5, 5.41) is 10.9. The van der Waals surface area contributed by atoms with Crippen molar-refractivity contribution in [2.24, 2.45) is 0 Å². The SMILES string of the molecule is COc1cccc(OC)c1C(O)C1CN2CCN1CC2. The second kappa shape index (κ2) is 5.60. The molecule has 5 heteroatoms. The summed E-state index contributed by atoms with van der Waals surface area (Å²) in [7, 11) is 3.25. The zero-order valence-electron chi connectivity index (χ0n) is 12.1. The first-order valence-electron chi connectivity index (χ1n) is 7.10. The minimum atomic E-state index is -0.593. The lowest BCUT2D eigenvalue weighted by Crippen LogP contribution is -2.62. The van der Waals surface area contributed by atoms with Gasteiger partial charge in [-0.25, -0.2) is 0 Å². The van der Waals surface area contributed by atoms with E-state index in [4.69, 9.17) is 9.47 Å². The van der Waals surface area contributed by atoms with Crippen molar-refractivity contribution >= 4 is 0 Å². The molecular formula is C15H22N2O3. The van der Waals surface area contributed by atoms with Gasteiger partial charge >= 0.3 is 0 Å². The molecule has 110 valence electrons. The Balaban J connectivity index is 1.92. The number of nitrogens with zero attached hydrogens (tertiary/aromatic N) is 2. The molecule has 2 bridgehead atoms. The first-order valence-corrected chi connectivity index (χ1v) is 7.10. The average molecular weight is 278 g/mol. The molecule has 20 heavy (non-hydrogen) atoms. The van der Waals surface area contributed by atoms with E-state index in [1.165, 1.54) is 0 Å². The van der Waals surface area contributed by atoms with Crippen LogP contribution in [0.5, 0.6) is 11.5 Å². The zero-order chi connectivity index (χ0) is 14.1. The predicted octanol–water partition coefficient (Wildman–Crippen LogP) is 0.737. The van der Waals surface area contributed by atoms with Crippen molar-refractivity contribution in [1.82, 2.24) is 9.80 Å². The maximum atomic E-state index is 10.9. The number of fused-ring (bicyclic) bond motifs is 3. The van der Waals surface area contributed by atoms with E-state index < -0.39 is 6.10 Å². The van der Waals surface area contributed by atoms with Crippen molar-refractivity contribution in [1.29, 1.82) is 0 Å². The average Bonchev–Trinajstić information content (AvgIpc) is 2.54. The van der Waals surface area contributed by atoms with E-state index in [-0.39, 0.29) is 6.04 Å². The number of aliphatic hydroxyl groups is 1. The number of benzene rings is 1. The standard InChI is InChI=1S/C15H22N2O3/c1-19-12-4-3-5-13(20-2)14(12)15(18)11-10-16-6-8-17(11)9-7-16/h3-5,11,15,18H,6-10H2,1-2H3. The van der Waals surface area contributed by atoms with E-state index in [0.29, 0.717) is 11.5 Å². The normalized spacial score (nSPS) is 30.1. The topological polar surface area (TPSA) is 45.2 Å². The highest BCUT2D eigenvalue weighted by molar-refractivity contribution is 5.47. The maximum absolute atomic E-state index is 10.9. The summed E-state index contributed by atoms with van der Waals surface area (Å²) >= 11 is 0. The van der Waals surface area contributed by atoms with Gasteiger partial charge in [0.15, 0.2) is 0 Å². The Morgan fingerprint density at radius 1 is 1.10 bits per heavy atom.